The predicted octanol–water partition coefficient (Wildman–Crippen LogP) is 4.73. The minimum Gasteiger partial charge on any atom is -0.454 e. The number of aryl methyl sites for hydroxylation is 1. The fraction of sp³-hybridized carbons (Fsp3) is 0.440. The Morgan fingerprint density at radius 2 is 1.78 bits per heavy atom. The van der Waals surface area contributed by atoms with Gasteiger partial charge in [0.25, 0.3) is 0 Å². The normalized spacial score (nSPS) is 13.0. The van der Waals surface area contributed by atoms with Gasteiger partial charge in [-0.15, -0.1) is 0 Å². The standard InChI is InChI=1S/C25H31ClN2O4/c1-3-5-14-27-25(30)21(4-2)28(16-19-6-10-20(26)11-7-19)24(29)13-9-18-8-12-22-23(15-18)32-17-31-22/h6-8,10-12,15,21H,3-5,9,13-14,16-17H2,1-2H3,(H,27,30)/t21-/m1/s1. The molecule has 2 aromatic rings. The Hall–Kier alpha value is -2.73. The Morgan fingerprint density at radius 3 is 2.50 bits per heavy atom. The van der Waals surface area contributed by atoms with Crippen molar-refractivity contribution in [1.82, 2.24) is 10.2 Å². The SMILES string of the molecule is CCCCNC(=O)[C@@H](CC)N(Cc1ccc(Cl)cc1)C(=O)CCc1ccc2c(c1)OCO2. The van der Waals surface area contributed by atoms with E-state index < -0.39 is 6.04 Å². The summed E-state index contributed by atoms with van der Waals surface area (Å²) in [4.78, 5) is 27.9. The maximum Gasteiger partial charge on any atom is 0.242 e. The van der Waals surface area contributed by atoms with Gasteiger partial charge in [0.2, 0.25) is 18.6 Å². The van der Waals surface area contributed by atoms with Crippen molar-refractivity contribution in [3.8, 4) is 11.5 Å². The Bertz CT molecular complexity index is 917. The molecule has 0 fully saturated rings. The number of benzene rings is 2. The number of carbonyl (C=O) groups excluding carboxylic acids is 2. The van der Waals surface area contributed by atoms with Crippen LogP contribution in [-0.4, -0.2) is 36.1 Å². The molecule has 7 heteroatoms. The van der Waals surface area contributed by atoms with Gasteiger partial charge < -0.3 is 19.7 Å². The largest absolute Gasteiger partial charge is 0.454 e. The van der Waals surface area contributed by atoms with Gasteiger partial charge in [0.1, 0.15) is 6.04 Å². The summed E-state index contributed by atoms with van der Waals surface area (Å²) in [5, 5.41) is 3.62. The highest BCUT2D eigenvalue weighted by molar-refractivity contribution is 6.30. The van der Waals surface area contributed by atoms with Gasteiger partial charge in [-0.05, 0) is 54.7 Å². The number of nitrogens with one attached hydrogen (secondary N) is 1. The van der Waals surface area contributed by atoms with Crippen molar-refractivity contribution < 1.29 is 19.1 Å². The minimum atomic E-state index is -0.521. The molecule has 0 unspecified atom stereocenters. The molecule has 172 valence electrons. The third-order valence-corrected chi connectivity index (χ3v) is 5.80. The van der Waals surface area contributed by atoms with Crippen LogP contribution in [0.2, 0.25) is 5.02 Å². The van der Waals surface area contributed by atoms with E-state index in [1.54, 1.807) is 17.0 Å². The lowest BCUT2D eigenvalue weighted by Gasteiger charge is -2.31. The first-order valence-corrected chi connectivity index (χ1v) is 11.6. The number of unbranched alkanes of at least 4 members (excludes halogenated alkanes) is 1. The second kappa shape index (κ2) is 11.8. The summed E-state index contributed by atoms with van der Waals surface area (Å²) in [6.07, 6.45) is 3.31. The van der Waals surface area contributed by atoms with Crippen LogP contribution in [0.1, 0.15) is 50.7 Å². The van der Waals surface area contributed by atoms with E-state index in [1.807, 2.05) is 37.3 Å². The van der Waals surface area contributed by atoms with Crippen molar-refractivity contribution in [2.75, 3.05) is 13.3 Å². The molecule has 1 N–H and O–H groups in total. The number of nitrogens with zero attached hydrogens (tertiary/aromatic N) is 1. The third kappa shape index (κ3) is 6.39. The van der Waals surface area contributed by atoms with Crippen molar-refractivity contribution in [1.29, 1.82) is 0 Å². The zero-order valence-electron chi connectivity index (χ0n) is 18.7. The highest BCUT2D eigenvalue weighted by Gasteiger charge is 2.28. The van der Waals surface area contributed by atoms with Crippen molar-refractivity contribution in [2.45, 2.75) is 58.5 Å². The van der Waals surface area contributed by atoms with E-state index in [0.29, 0.717) is 43.1 Å². The number of carbonyl (C=O) groups is 2. The van der Waals surface area contributed by atoms with Crippen LogP contribution in [-0.2, 0) is 22.6 Å². The summed E-state index contributed by atoms with van der Waals surface area (Å²) < 4.78 is 10.8. The summed E-state index contributed by atoms with van der Waals surface area (Å²) >= 11 is 6.02. The summed E-state index contributed by atoms with van der Waals surface area (Å²) in [6.45, 7) is 5.21. The fourth-order valence-corrected chi connectivity index (χ4v) is 3.83. The molecule has 0 spiro atoms. The second-order valence-corrected chi connectivity index (χ2v) is 8.34. The van der Waals surface area contributed by atoms with Gasteiger partial charge in [-0.2, -0.15) is 0 Å². The van der Waals surface area contributed by atoms with Gasteiger partial charge in [0.05, 0.1) is 0 Å². The van der Waals surface area contributed by atoms with E-state index in [0.717, 1.165) is 29.7 Å². The van der Waals surface area contributed by atoms with E-state index in [9.17, 15) is 9.59 Å². The molecule has 0 saturated heterocycles. The molecule has 1 heterocycles. The Labute approximate surface area is 194 Å². The number of rotatable bonds is 11. The van der Waals surface area contributed by atoms with Crippen LogP contribution in [0.5, 0.6) is 11.5 Å². The number of fused-ring (bicyclic) bond motifs is 1. The van der Waals surface area contributed by atoms with E-state index in [-0.39, 0.29) is 18.6 Å². The molecule has 0 bridgehead atoms. The summed E-state index contributed by atoms with van der Waals surface area (Å²) in [6, 6.07) is 12.6. The van der Waals surface area contributed by atoms with Crippen molar-refractivity contribution in [2.24, 2.45) is 0 Å². The summed E-state index contributed by atoms with van der Waals surface area (Å²) in [7, 11) is 0. The van der Waals surface area contributed by atoms with Crippen LogP contribution in [0.15, 0.2) is 42.5 Å². The fourth-order valence-electron chi connectivity index (χ4n) is 3.70. The highest BCUT2D eigenvalue weighted by atomic mass is 35.5. The lowest BCUT2D eigenvalue weighted by molar-refractivity contribution is -0.141. The van der Waals surface area contributed by atoms with Crippen LogP contribution in [0.3, 0.4) is 0 Å². The second-order valence-electron chi connectivity index (χ2n) is 7.90. The van der Waals surface area contributed by atoms with Crippen molar-refractivity contribution >= 4 is 23.4 Å². The first-order chi connectivity index (χ1) is 15.5. The van der Waals surface area contributed by atoms with Gasteiger partial charge >= 0.3 is 0 Å². The predicted molar refractivity (Wildman–Crippen MR) is 125 cm³/mol. The van der Waals surface area contributed by atoms with Crippen LogP contribution in [0, 0.1) is 0 Å². The molecule has 2 amide bonds. The maximum atomic E-state index is 13.3. The number of amides is 2. The molecule has 0 aromatic heterocycles. The van der Waals surface area contributed by atoms with E-state index >= 15 is 0 Å². The summed E-state index contributed by atoms with van der Waals surface area (Å²) in [5.74, 6) is 1.26. The van der Waals surface area contributed by atoms with Gasteiger partial charge in [-0.1, -0.05) is 50.1 Å². The average Bonchev–Trinajstić information content (AvgIpc) is 3.27. The molecule has 1 atom stereocenters. The van der Waals surface area contributed by atoms with E-state index in [2.05, 4.69) is 12.2 Å². The molecule has 6 nitrogen and oxygen atoms in total. The van der Waals surface area contributed by atoms with Crippen molar-refractivity contribution in [3.63, 3.8) is 0 Å². The third-order valence-electron chi connectivity index (χ3n) is 5.55. The van der Waals surface area contributed by atoms with Crippen molar-refractivity contribution in [3.05, 3.63) is 58.6 Å². The van der Waals surface area contributed by atoms with Gasteiger partial charge in [0.15, 0.2) is 11.5 Å². The van der Waals surface area contributed by atoms with Gasteiger partial charge in [-0.3, -0.25) is 9.59 Å². The Kier molecular flexibility index (Phi) is 8.80. The summed E-state index contributed by atoms with van der Waals surface area (Å²) in [5.41, 5.74) is 1.93. The van der Waals surface area contributed by atoms with Gasteiger partial charge in [0, 0.05) is 24.5 Å². The van der Waals surface area contributed by atoms with Crippen LogP contribution in [0.4, 0.5) is 0 Å². The molecule has 1 aliphatic heterocycles. The molecule has 3 rings (SSSR count). The lowest BCUT2D eigenvalue weighted by Crippen LogP contribution is -2.49. The molecular weight excluding hydrogens is 428 g/mol. The molecular formula is C25H31ClN2O4. The topological polar surface area (TPSA) is 67.9 Å². The maximum absolute atomic E-state index is 13.3. The number of halogens is 1. The molecule has 0 aliphatic carbocycles. The number of ether oxygens (including phenoxy) is 2. The van der Waals surface area contributed by atoms with Crippen LogP contribution < -0.4 is 14.8 Å². The molecule has 1 aliphatic rings. The highest BCUT2D eigenvalue weighted by Crippen LogP contribution is 2.32. The monoisotopic (exact) mass is 458 g/mol. The van der Waals surface area contributed by atoms with E-state index in [1.165, 1.54) is 0 Å². The van der Waals surface area contributed by atoms with Crippen LogP contribution >= 0.6 is 11.6 Å². The first-order valence-electron chi connectivity index (χ1n) is 11.2. The van der Waals surface area contributed by atoms with E-state index in [4.69, 9.17) is 21.1 Å². The zero-order valence-corrected chi connectivity index (χ0v) is 19.5. The Balaban J connectivity index is 1.72. The number of hydrogen-bond acceptors (Lipinski definition) is 4. The molecule has 0 saturated carbocycles. The molecule has 2 aromatic carbocycles. The molecule has 0 radical (unpaired) electrons. The minimum absolute atomic E-state index is 0.0601. The molecule has 32 heavy (non-hydrogen) atoms. The average molecular weight is 459 g/mol. The quantitative estimate of drug-likeness (QED) is 0.494. The Morgan fingerprint density at radius 1 is 1.06 bits per heavy atom. The first kappa shape index (κ1) is 23.9. The van der Waals surface area contributed by atoms with Gasteiger partial charge in [-0.25, -0.2) is 0 Å². The number of hydrogen-bond donors (Lipinski definition) is 1. The zero-order chi connectivity index (χ0) is 22.9. The lowest BCUT2D eigenvalue weighted by atomic mass is 10.1. The smallest absolute Gasteiger partial charge is 0.242 e. The van der Waals surface area contributed by atoms with Crippen LogP contribution in [0.25, 0.3) is 0 Å².